The third-order valence-electron chi connectivity index (χ3n) is 2.62. The summed E-state index contributed by atoms with van der Waals surface area (Å²) in [5, 5.41) is 0. The molecule has 0 unspecified atom stereocenters. The van der Waals surface area contributed by atoms with Crippen LogP contribution in [0, 0.1) is 0 Å². The van der Waals surface area contributed by atoms with Gasteiger partial charge in [-0.2, -0.15) is 0 Å². The molecular formula is C11H18N2O2S. The maximum absolute atomic E-state index is 5.80. The van der Waals surface area contributed by atoms with Crippen LogP contribution in [0.2, 0.25) is 0 Å². The molecule has 0 N–H and O–H groups in total. The van der Waals surface area contributed by atoms with Crippen molar-refractivity contribution in [2.75, 3.05) is 26.8 Å². The lowest BCUT2D eigenvalue weighted by Crippen LogP contribution is -2.47. The lowest BCUT2D eigenvalue weighted by atomic mass is 10.2. The van der Waals surface area contributed by atoms with E-state index in [0.29, 0.717) is 6.61 Å². The zero-order valence-corrected chi connectivity index (χ0v) is 10.6. The van der Waals surface area contributed by atoms with Gasteiger partial charge in [0.15, 0.2) is 0 Å². The van der Waals surface area contributed by atoms with E-state index >= 15 is 0 Å². The van der Waals surface area contributed by atoms with Crippen LogP contribution in [-0.4, -0.2) is 48.9 Å². The Morgan fingerprint density at radius 1 is 1.62 bits per heavy atom. The number of morpholine rings is 1. The number of thiazole rings is 1. The molecule has 0 aliphatic carbocycles. The molecule has 1 aromatic rings. The largest absolute Gasteiger partial charge is 0.382 e. The van der Waals surface area contributed by atoms with Crippen LogP contribution in [0.1, 0.15) is 11.8 Å². The predicted molar refractivity (Wildman–Crippen MR) is 63.6 cm³/mol. The van der Waals surface area contributed by atoms with E-state index in [0.717, 1.165) is 19.6 Å². The van der Waals surface area contributed by atoms with Crippen molar-refractivity contribution in [2.45, 2.75) is 25.7 Å². The monoisotopic (exact) mass is 242 g/mol. The average Bonchev–Trinajstić information content (AvgIpc) is 2.70. The van der Waals surface area contributed by atoms with E-state index in [-0.39, 0.29) is 12.2 Å². The normalized spacial score (nSPS) is 27.1. The van der Waals surface area contributed by atoms with Gasteiger partial charge in [-0.05, 0) is 6.92 Å². The lowest BCUT2D eigenvalue weighted by Gasteiger charge is -2.36. The summed E-state index contributed by atoms with van der Waals surface area (Å²) >= 11 is 1.71. The summed E-state index contributed by atoms with van der Waals surface area (Å²) in [6.45, 7) is 5.68. The Balaban J connectivity index is 1.89. The zero-order chi connectivity index (χ0) is 11.4. The summed E-state index contributed by atoms with van der Waals surface area (Å²) < 4.78 is 10.9. The Hall–Kier alpha value is -0.490. The van der Waals surface area contributed by atoms with Gasteiger partial charge in [-0.1, -0.05) is 0 Å². The van der Waals surface area contributed by atoms with E-state index in [1.807, 2.05) is 11.7 Å². The van der Waals surface area contributed by atoms with Gasteiger partial charge in [0, 0.05) is 37.8 Å². The Morgan fingerprint density at radius 3 is 3.19 bits per heavy atom. The topological polar surface area (TPSA) is 34.6 Å². The lowest BCUT2D eigenvalue weighted by molar-refractivity contribution is -0.103. The number of rotatable bonds is 4. The Morgan fingerprint density at radius 2 is 2.50 bits per heavy atom. The van der Waals surface area contributed by atoms with E-state index in [4.69, 9.17) is 9.47 Å². The minimum atomic E-state index is 0.196. The number of methoxy groups -OCH3 is 1. The molecule has 1 aromatic heterocycles. The number of hydrogen-bond acceptors (Lipinski definition) is 5. The van der Waals surface area contributed by atoms with Gasteiger partial charge in [0.2, 0.25) is 0 Å². The van der Waals surface area contributed by atoms with Crippen molar-refractivity contribution in [3.63, 3.8) is 0 Å². The van der Waals surface area contributed by atoms with Crippen LogP contribution >= 0.6 is 11.3 Å². The first-order valence-corrected chi connectivity index (χ1v) is 6.40. The molecule has 5 heteroatoms. The standard InChI is InChI=1S/C11H18N2O2S/c1-9-4-13(5-10(15-9)7-14-2)6-11-3-12-8-16-11/h3,8-10H,4-7H2,1-2H3/t9-,10-/m0/s1. The van der Waals surface area contributed by atoms with E-state index in [1.54, 1.807) is 18.4 Å². The van der Waals surface area contributed by atoms with Crippen molar-refractivity contribution in [3.8, 4) is 0 Å². The summed E-state index contributed by atoms with van der Waals surface area (Å²) in [6.07, 6.45) is 2.42. The third kappa shape index (κ3) is 3.25. The van der Waals surface area contributed by atoms with Crippen LogP contribution in [0.4, 0.5) is 0 Å². The molecule has 1 fully saturated rings. The van der Waals surface area contributed by atoms with E-state index in [2.05, 4.69) is 16.8 Å². The molecule has 1 aliphatic rings. The van der Waals surface area contributed by atoms with Crippen molar-refractivity contribution < 1.29 is 9.47 Å². The van der Waals surface area contributed by atoms with Crippen LogP contribution in [0.15, 0.2) is 11.7 Å². The van der Waals surface area contributed by atoms with Gasteiger partial charge in [-0.25, -0.2) is 0 Å². The molecule has 1 saturated heterocycles. The Bertz CT molecular complexity index is 305. The van der Waals surface area contributed by atoms with Crippen LogP contribution in [0.25, 0.3) is 0 Å². The molecule has 0 saturated carbocycles. The van der Waals surface area contributed by atoms with Crippen molar-refractivity contribution in [3.05, 3.63) is 16.6 Å². The van der Waals surface area contributed by atoms with E-state index in [9.17, 15) is 0 Å². The molecule has 16 heavy (non-hydrogen) atoms. The molecule has 0 amide bonds. The molecule has 2 heterocycles. The molecule has 0 bridgehead atoms. The first kappa shape index (κ1) is 12.0. The summed E-state index contributed by atoms with van der Waals surface area (Å²) in [7, 11) is 1.72. The first-order chi connectivity index (χ1) is 7.78. The van der Waals surface area contributed by atoms with Gasteiger partial charge in [0.1, 0.15) is 0 Å². The highest BCUT2D eigenvalue weighted by molar-refractivity contribution is 7.09. The second-order valence-electron chi connectivity index (χ2n) is 4.19. The minimum absolute atomic E-state index is 0.196. The molecule has 2 rings (SSSR count). The van der Waals surface area contributed by atoms with Crippen molar-refractivity contribution in [1.29, 1.82) is 0 Å². The zero-order valence-electron chi connectivity index (χ0n) is 9.76. The smallest absolute Gasteiger partial charge is 0.0939 e. The van der Waals surface area contributed by atoms with Gasteiger partial charge in [-0.3, -0.25) is 9.88 Å². The second kappa shape index (κ2) is 5.72. The molecule has 0 radical (unpaired) electrons. The summed E-state index contributed by atoms with van der Waals surface area (Å²) in [5.74, 6) is 0. The van der Waals surface area contributed by atoms with Crippen molar-refractivity contribution in [1.82, 2.24) is 9.88 Å². The number of aromatic nitrogens is 1. The van der Waals surface area contributed by atoms with Gasteiger partial charge in [0.05, 0.1) is 24.3 Å². The number of ether oxygens (including phenoxy) is 2. The summed E-state index contributed by atoms with van der Waals surface area (Å²) in [4.78, 5) is 7.82. The van der Waals surface area contributed by atoms with Crippen LogP contribution in [-0.2, 0) is 16.0 Å². The van der Waals surface area contributed by atoms with Gasteiger partial charge >= 0.3 is 0 Å². The molecule has 90 valence electrons. The fraction of sp³-hybridized carbons (Fsp3) is 0.727. The van der Waals surface area contributed by atoms with E-state index in [1.165, 1.54) is 4.88 Å². The van der Waals surface area contributed by atoms with E-state index < -0.39 is 0 Å². The quantitative estimate of drug-likeness (QED) is 0.799. The fourth-order valence-corrected chi connectivity index (χ4v) is 2.72. The molecule has 1 aliphatic heterocycles. The predicted octanol–water partition coefficient (Wildman–Crippen LogP) is 1.38. The SMILES string of the molecule is COC[C@@H]1CN(Cc2cncs2)C[C@H](C)O1. The average molecular weight is 242 g/mol. The minimum Gasteiger partial charge on any atom is -0.382 e. The molecule has 2 atom stereocenters. The Labute approximate surface area is 100 Å². The highest BCUT2D eigenvalue weighted by atomic mass is 32.1. The van der Waals surface area contributed by atoms with Gasteiger partial charge in [-0.15, -0.1) is 11.3 Å². The highest BCUT2D eigenvalue weighted by Crippen LogP contribution is 2.16. The maximum atomic E-state index is 5.80. The van der Waals surface area contributed by atoms with Gasteiger partial charge in [0.25, 0.3) is 0 Å². The Kier molecular flexibility index (Phi) is 4.29. The third-order valence-corrected chi connectivity index (χ3v) is 3.38. The number of hydrogen-bond donors (Lipinski definition) is 0. The maximum Gasteiger partial charge on any atom is 0.0939 e. The van der Waals surface area contributed by atoms with Crippen LogP contribution < -0.4 is 0 Å². The van der Waals surface area contributed by atoms with Gasteiger partial charge < -0.3 is 9.47 Å². The summed E-state index contributed by atoms with van der Waals surface area (Å²) in [5.41, 5.74) is 1.88. The van der Waals surface area contributed by atoms with Crippen molar-refractivity contribution in [2.24, 2.45) is 0 Å². The molecule has 0 aromatic carbocycles. The van der Waals surface area contributed by atoms with Crippen LogP contribution in [0.5, 0.6) is 0 Å². The molecule has 4 nitrogen and oxygen atoms in total. The molecule has 0 spiro atoms. The van der Waals surface area contributed by atoms with Crippen molar-refractivity contribution >= 4 is 11.3 Å². The second-order valence-corrected chi connectivity index (χ2v) is 5.16. The summed E-state index contributed by atoms with van der Waals surface area (Å²) in [6, 6.07) is 0. The fourth-order valence-electron chi connectivity index (χ4n) is 2.09. The highest BCUT2D eigenvalue weighted by Gasteiger charge is 2.25. The van der Waals surface area contributed by atoms with Crippen LogP contribution in [0.3, 0.4) is 0 Å². The number of nitrogens with zero attached hydrogens (tertiary/aromatic N) is 2. The molecular weight excluding hydrogens is 224 g/mol. The first-order valence-electron chi connectivity index (χ1n) is 5.52.